The fourth-order valence-electron chi connectivity index (χ4n) is 4.71. The summed E-state index contributed by atoms with van der Waals surface area (Å²) in [6.07, 6.45) is 3.97. The number of aromatic nitrogens is 1. The molecule has 1 fully saturated rings. The molecule has 2 aliphatic rings. The van der Waals surface area contributed by atoms with Crippen LogP contribution in [0.25, 0.3) is 0 Å². The van der Waals surface area contributed by atoms with Gasteiger partial charge in [0.2, 0.25) is 0 Å². The summed E-state index contributed by atoms with van der Waals surface area (Å²) in [4.78, 5) is 30.3. The first-order valence-corrected chi connectivity index (χ1v) is 10.4. The molecule has 1 saturated heterocycles. The minimum Gasteiger partial charge on any atom is -0.396 e. The van der Waals surface area contributed by atoms with Gasteiger partial charge in [-0.1, -0.05) is 30.3 Å². The first kappa shape index (κ1) is 19.9. The Morgan fingerprint density at radius 2 is 1.97 bits per heavy atom. The van der Waals surface area contributed by atoms with Gasteiger partial charge in [0.1, 0.15) is 5.56 Å². The minimum absolute atomic E-state index is 0.161. The Labute approximate surface area is 170 Å². The highest BCUT2D eigenvalue weighted by atomic mass is 16.3. The highest BCUT2D eigenvalue weighted by Gasteiger charge is 2.44. The van der Waals surface area contributed by atoms with Crippen molar-refractivity contribution in [3.8, 4) is 0 Å². The van der Waals surface area contributed by atoms with Gasteiger partial charge in [-0.3, -0.25) is 9.59 Å². The van der Waals surface area contributed by atoms with Crippen molar-refractivity contribution < 1.29 is 15.0 Å². The number of H-pyrrole nitrogens is 1. The number of benzene rings is 1. The molecule has 6 heteroatoms. The van der Waals surface area contributed by atoms with Gasteiger partial charge >= 0.3 is 0 Å². The Kier molecular flexibility index (Phi) is 5.56. The highest BCUT2D eigenvalue weighted by molar-refractivity contribution is 5.94. The lowest BCUT2D eigenvalue weighted by Gasteiger charge is -2.45. The number of carbonyl (C=O) groups excluding carboxylic acids is 1. The minimum atomic E-state index is -0.837. The van der Waals surface area contributed by atoms with Crippen molar-refractivity contribution in [2.75, 3.05) is 19.7 Å². The van der Waals surface area contributed by atoms with E-state index in [4.69, 9.17) is 0 Å². The van der Waals surface area contributed by atoms with Crippen molar-refractivity contribution in [1.29, 1.82) is 0 Å². The van der Waals surface area contributed by atoms with Crippen LogP contribution in [0.3, 0.4) is 0 Å². The number of piperidine rings is 1. The number of pyridine rings is 1. The number of likely N-dealkylation sites (tertiary alicyclic amines) is 1. The monoisotopic (exact) mass is 396 g/mol. The number of hydrogen-bond donors (Lipinski definition) is 3. The molecule has 1 aliphatic carbocycles. The van der Waals surface area contributed by atoms with E-state index in [2.05, 4.69) is 4.98 Å². The van der Waals surface area contributed by atoms with E-state index in [1.54, 1.807) is 11.0 Å². The molecule has 0 radical (unpaired) electrons. The molecule has 0 unspecified atom stereocenters. The van der Waals surface area contributed by atoms with E-state index >= 15 is 0 Å². The first-order chi connectivity index (χ1) is 14.0. The van der Waals surface area contributed by atoms with Gasteiger partial charge in [0, 0.05) is 24.2 Å². The lowest BCUT2D eigenvalue weighted by molar-refractivity contribution is -0.0669. The average molecular weight is 396 g/mol. The van der Waals surface area contributed by atoms with Gasteiger partial charge in [-0.05, 0) is 55.7 Å². The third-order valence-corrected chi connectivity index (χ3v) is 6.45. The molecule has 1 amide bonds. The molecule has 154 valence electrons. The van der Waals surface area contributed by atoms with Crippen LogP contribution >= 0.6 is 0 Å². The predicted octanol–water partition coefficient (Wildman–Crippen LogP) is 1.68. The highest BCUT2D eigenvalue weighted by Crippen LogP contribution is 2.34. The van der Waals surface area contributed by atoms with Gasteiger partial charge in [-0.25, -0.2) is 0 Å². The second-order valence-corrected chi connectivity index (χ2v) is 8.44. The lowest BCUT2D eigenvalue weighted by Crippen LogP contribution is -2.56. The van der Waals surface area contributed by atoms with Crippen LogP contribution < -0.4 is 5.56 Å². The van der Waals surface area contributed by atoms with Crippen LogP contribution in [0.5, 0.6) is 0 Å². The molecule has 1 aromatic heterocycles. The Morgan fingerprint density at radius 3 is 2.72 bits per heavy atom. The molecule has 0 bridgehead atoms. The first-order valence-electron chi connectivity index (χ1n) is 10.4. The fourth-order valence-corrected chi connectivity index (χ4v) is 4.71. The predicted molar refractivity (Wildman–Crippen MR) is 110 cm³/mol. The number of rotatable bonds is 4. The van der Waals surface area contributed by atoms with Crippen LogP contribution in [0.1, 0.15) is 46.4 Å². The van der Waals surface area contributed by atoms with Gasteiger partial charge in [0.05, 0.1) is 12.7 Å². The quantitative estimate of drug-likeness (QED) is 0.733. The maximum atomic E-state index is 13.2. The number of fused-ring (bicyclic) bond motifs is 1. The summed E-state index contributed by atoms with van der Waals surface area (Å²) < 4.78 is 0. The van der Waals surface area contributed by atoms with Crippen LogP contribution in [0.2, 0.25) is 0 Å². The van der Waals surface area contributed by atoms with Gasteiger partial charge in [-0.15, -0.1) is 0 Å². The van der Waals surface area contributed by atoms with Crippen molar-refractivity contribution >= 4 is 5.91 Å². The molecule has 6 nitrogen and oxygen atoms in total. The van der Waals surface area contributed by atoms with Crippen LogP contribution in [0.15, 0.2) is 41.2 Å². The summed E-state index contributed by atoms with van der Waals surface area (Å²) in [6, 6.07) is 11.4. The molecule has 0 saturated carbocycles. The van der Waals surface area contributed by atoms with Crippen LogP contribution in [-0.2, 0) is 19.3 Å². The van der Waals surface area contributed by atoms with Gasteiger partial charge in [0.25, 0.3) is 11.5 Å². The van der Waals surface area contributed by atoms with Gasteiger partial charge < -0.3 is 20.1 Å². The molecular formula is C23H28N2O4. The molecule has 0 spiro atoms. The Morgan fingerprint density at radius 1 is 1.21 bits per heavy atom. The number of aryl methyl sites for hydroxylation is 2. The topological polar surface area (TPSA) is 93.6 Å². The van der Waals surface area contributed by atoms with Gasteiger partial charge in [-0.2, -0.15) is 0 Å². The van der Waals surface area contributed by atoms with Crippen molar-refractivity contribution in [1.82, 2.24) is 9.88 Å². The number of aliphatic hydroxyl groups is 2. The summed E-state index contributed by atoms with van der Waals surface area (Å²) in [7, 11) is 0. The average Bonchev–Trinajstić information content (AvgIpc) is 2.75. The molecule has 2 aromatic rings. The van der Waals surface area contributed by atoms with E-state index in [1.807, 2.05) is 30.3 Å². The maximum Gasteiger partial charge on any atom is 0.261 e. The number of aromatic amines is 1. The lowest BCUT2D eigenvalue weighted by atomic mass is 9.73. The largest absolute Gasteiger partial charge is 0.396 e. The zero-order valence-corrected chi connectivity index (χ0v) is 16.6. The third kappa shape index (κ3) is 3.87. The summed E-state index contributed by atoms with van der Waals surface area (Å²) in [5.41, 5.74) is 1.97. The van der Waals surface area contributed by atoms with E-state index in [0.717, 1.165) is 42.5 Å². The van der Waals surface area contributed by atoms with Crippen LogP contribution in [-0.4, -0.2) is 51.8 Å². The van der Waals surface area contributed by atoms with E-state index < -0.39 is 11.5 Å². The Balaban J connectivity index is 1.60. The summed E-state index contributed by atoms with van der Waals surface area (Å²) in [5.74, 6) is -0.322. The molecule has 2 heterocycles. The molecule has 29 heavy (non-hydrogen) atoms. The van der Waals surface area contributed by atoms with Gasteiger partial charge in [0.15, 0.2) is 0 Å². The Hall–Kier alpha value is -2.44. The molecule has 2 atom stereocenters. The molecular weight excluding hydrogens is 368 g/mol. The maximum absolute atomic E-state index is 13.2. The van der Waals surface area contributed by atoms with Crippen molar-refractivity contribution in [2.45, 2.75) is 44.6 Å². The number of hydrogen-bond acceptors (Lipinski definition) is 4. The van der Waals surface area contributed by atoms with Crippen molar-refractivity contribution in [3.05, 3.63) is 69.1 Å². The van der Waals surface area contributed by atoms with Crippen LogP contribution in [0.4, 0.5) is 0 Å². The molecule has 1 aromatic carbocycles. The normalized spacial score (nSPS) is 24.2. The van der Waals surface area contributed by atoms with E-state index in [0.29, 0.717) is 19.4 Å². The SMILES string of the molecule is O=C(c1cc2c([nH]c1=O)CCCC2)N1CC[C@H](O)[C@](CO)(Cc2ccccc2)C1. The van der Waals surface area contributed by atoms with E-state index in [9.17, 15) is 19.8 Å². The number of amides is 1. The molecule has 1 aliphatic heterocycles. The fraction of sp³-hybridized carbons (Fsp3) is 0.478. The van der Waals surface area contributed by atoms with Crippen LogP contribution in [0, 0.1) is 5.41 Å². The standard InChI is InChI=1S/C23H28N2O4/c26-15-23(13-16-6-2-1-3-7-16)14-25(11-10-20(23)27)22(29)18-12-17-8-4-5-9-19(17)24-21(18)28/h1-3,6-7,12,20,26-27H,4-5,8-11,13-15H2,(H,24,28)/t20-,23+/m0/s1. The third-order valence-electron chi connectivity index (χ3n) is 6.45. The number of nitrogens with one attached hydrogen (secondary N) is 1. The van der Waals surface area contributed by atoms with E-state index in [-0.39, 0.29) is 30.2 Å². The van der Waals surface area contributed by atoms with Crippen molar-refractivity contribution in [2.24, 2.45) is 5.41 Å². The zero-order chi connectivity index (χ0) is 20.4. The molecule has 4 rings (SSSR count). The second-order valence-electron chi connectivity index (χ2n) is 8.44. The summed E-state index contributed by atoms with van der Waals surface area (Å²) >= 11 is 0. The number of carbonyl (C=O) groups is 1. The molecule has 3 N–H and O–H groups in total. The second kappa shape index (κ2) is 8.13. The van der Waals surface area contributed by atoms with Crippen molar-refractivity contribution in [3.63, 3.8) is 0 Å². The zero-order valence-electron chi connectivity index (χ0n) is 16.6. The number of aliphatic hydroxyl groups excluding tert-OH is 2. The smallest absolute Gasteiger partial charge is 0.261 e. The Bertz CT molecular complexity index is 940. The van der Waals surface area contributed by atoms with E-state index in [1.165, 1.54) is 0 Å². The summed E-state index contributed by atoms with van der Waals surface area (Å²) in [6.45, 7) is 0.357. The number of nitrogens with zero attached hydrogens (tertiary/aromatic N) is 1. The summed E-state index contributed by atoms with van der Waals surface area (Å²) in [5, 5.41) is 20.9.